The molecule has 25 heavy (non-hydrogen) atoms. The van der Waals surface area contributed by atoms with Crippen LogP contribution in [-0.2, 0) is 28.9 Å². The lowest BCUT2D eigenvalue weighted by Gasteiger charge is -2.18. The first-order valence-corrected chi connectivity index (χ1v) is 9.04. The van der Waals surface area contributed by atoms with Crippen LogP contribution in [0.1, 0.15) is 32.1 Å². The molecule has 1 heterocycles. The lowest BCUT2D eigenvalue weighted by molar-refractivity contribution is -0.133. The molecule has 0 spiro atoms. The number of aryl methyl sites for hydroxylation is 2. The van der Waals surface area contributed by atoms with Crippen molar-refractivity contribution >= 4 is 23.2 Å². The molecule has 0 fully saturated rings. The lowest BCUT2D eigenvalue weighted by Crippen LogP contribution is -2.30. The zero-order valence-electron chi connectivity index (χ0n) is 14.4. The van der Waals surface area contributed by atoms with Crippen molar-refractivity contribution in [2.75, 3.05) is 20.8 Å². The Morgan fingerprint density at radius 3 is 2.80 bits per heavy atom. The zero-order chi connectivity index (χ0) is 17.8. The molecule has 0 saturated heterocycles. The smallest absolute Gasteiger partial charge is 0.348 e. The molecule has 0 bridgehead atoms. The summed E-state index contributed by atoms with van der Waals surface area (Å²) in [6, 6.07) is 9.43. The molecule has 5 nitrogen and oxygen atoms in total. The third-order valence-corrected chi connectivity index (χ3v) is 5.52. The Labute approximate surface area is 151 Å². The van der Waals surface area contributed by atoms with Gasteiger partial charge >= 0.3 is 5.97 Å². The van der Waals surface area contributed by atoms with E-state index < -0.39 is 5.97 Å². The summed E-state index contributed by atoms with van der Waals surface area (Å²) in [4.78, 5) is 27.8. The van der Waals surface area contributed by atoms with E-state index >= 15 is 0 Å². The van der Waals surface area contributed by atoms with E-state index in [0.29, 0.717) is 11.4 Å². The average Bonchev–Trinajstić information content (AvgIpc) is 3.21. The van der Waals surface area contributed by atoms with Crippen molar-refractivity contribution in [1.82, 2.24) is 4.90 Å². The van der Waals surface area contributed by atoms with E-state index in [9.17, 15) is 9.59 Å². The number of carbonyl (C=O) groups excluding carboxylic acids is 2. The molecule has 132 valence electrons. The van der Waals surface area contributed by atoms with E-state index in [4.69, 9.17) is 9.47 Å². The summed E-state index contributed by atoms with van der Waals surface area (Å²) in [5.41, 5.74) is 2.15. The number of nitrogens with zero attached hydrogens (tertiary/aromatic N) is 1. The summed E-state index contributed by atoms with van der Waals surface area (Å²) in [5.74, 6) is 0.0639. The number of esters is 1. The Bertz CT molecular complexity index is 762. The summed E-state index contributed by atoms with van der Waals surface area (Å²) in [6.07, 6.45) is 3.22. The number of carbonyl (C=O) groups is 2. The number of fused-ring (bicyclic) bond motifs is 1. The summed E-state index contributed by atoms with van der Waals surface area (Å²) in [6.45, 7) is 0.140. The molecule has 1 aromatic carbocycles. The van der Waals surface area contributed by atoms with Crippen molar-refractivity contribution in [3.63, 3.8) is 0 Å². The van der Waals surface area contributed by atoms with Gasteiger partial charge in [-0.05, 0) is 37.0 Å². The highest BCUT2D eigenvalue weighted by molar-refractivity contribution is 7.14. The Morgan fingerprint density at radius 1 is 1.24 bits per heavy atom. The maximum atomic E-state index is 12.2. The monoisotopic (exact) mass is 359 g/mol. The van der Waals surface area contributed by atoms with Gasteiger partial charge in [0, 0.05) is 24.0 Å². The SMILES string of the molecule is COc1ccccc1CN(C)C(=O)COC(=O)c1cc2c(s1)CCC2. The van der Waals surface area contributed by atoms with E-state index in [0.717, 1.165) is 30.6 Å². The van der Waals surface area contributed by atoms with Crippen LogP contribution in [0, 0.1) is 0 Å². The second-order valence-corrected chi connectivity index (χ2v) is 7.19. The number of methoxy groups -OCH3 is 1. The van der Waals surface area contributed by atoms with Crippen molar-refractivity contribution in [3.05, 3.63) is 51.2 Å². The molecule has 0 unspecified atom stereocenters. The van der Waals surface area contributed by atoms with Gasteiger partial charge in [0.1, 0.15) is 10.6 Å². The van der Waals surface area contributed by atoms with Crippen molar-refractivity contribution in [2.24, 2.45) is 0 Å². The molecule has 3 rings (SSSR count). The number of thiophene rings is 1. The van der Waals surface area contributed by atoms with Crippen LogP contribution in [0.15, 0.2) is 30.3 Å². The van der Waals surface area contributed by atoms with Crippen LogP contribution in [0.5, 0.6) is 5.75 Å². The predicted molar refractivity (Wildman–Crippen MR) is 96.1 cm³/mol. The quantitative estimate of drug-likeness (QED) is 0.744. The van der Waals surface area contributed by atoms with Gasteiger partial charge in [0.05, 0.1) is 7.11 Å². The van der Waals surface area contributed by atoms with Crippen molar-refractivity contribution in [2.45, 2.75) is 25.8 Å². The van der Waals surface area contributed by atoms with Gasteiger partial charge in [-0.3, -0.25) is 4.79 Å². The van der Waals surface area contributed by atoms with Crippen LogP contribution in [-0.4, -0.2) is 37.5 Å². The Kier molecular flexibility index (Phi) is 5.38. The molecule has 1 aliphatic carbocycles. The third kappa shape index (κ3) is 4.02. The second kappa shape index (κ2) is 7.70. The molecule has 0 atom stereocenters. The topological polar surface area (TPSA) is 55.8 Å². The summed E-state index contributed by atoms with van der Waals surface area (Å²) >= 11 is 1.48. The molecular weight excluding hydrogens is 338 g/mol. The minimum Gasteiger partial charge on any atom is -0.496 e. The number of hydrogen-bond donors (Lipinski definition) is 0. The molecule has 1 aromatic heterocycles. The zero-order valence-corrected chi connectivity index (χ0v) is 15.2. The van der Waals surface area contributed by atoms with E-state index in [2.05, 4.69) is 0 Å². The van der Waals surface area contributed by atoms with E-state index in [1.807, 2.05) is 30.3 Å². The highest BCUT2D eigenvalue weighted by Crippen LogP contribution is 2.30. The number of amides is 1. The standard InChI is InChI=1S/C19H21NO4S/c1-20(11-14-6-3-4-8-15(14)23-2)18(21)12-24-19(22)17-10-13-7-5-9-16(13)25-17/h3-4,6,8,10H,5,7,9,11-12H2,1-2H3. The minimum atomic E-state index is -0.418. The van der Waals surface area contributed by atoms with Gasteiger partial charge in [0.2, 0.25) is 0 Å². The maximum absolute atomic E-state index is 12.2. The average molecular weight is 359 g/mol. The summed E-state index contributed by atoms with van der Waals surface area (Å²) < 4.78 is 10.5. The number of rotatable bonds is 6. The summed E-state index contributed by atoms with van der Waals surface area (Å²) in [7, 11) is 3.28. The van der Waals surface area contributed by atoms with Gasteiger partial charge < -0.3 is 14.4 Å². The van der Waals surface area contributed by atoms with Crippen LogP contribution in [0.25, 0.3) is 0 Å². The van der Waals surface area contributed by atoms with Crippen molar-refractivity contribution < 1.29 is 19.1 Å². The molecule has 0 radical (unpaired) electrons. The van der Waals surface area contributed by atoms with Crippen LogP contribution >= 0.6 is 11.3 Å². The molecule has 6 heteroatoms. The number of hydrogen-bond acceptors (Lipinski definition) is 5. The van der Waals surface area contributed by atoms with Gasteiger partial charge in [-0.1, -0.05) is 18.2 Å². The second-order valence-electron chi connectivity index (χ2n) is 6.05. The molecule has 1 aliphatic rings. The molecule has 0 aliphatic heterocycles. The van der Waals surface area contributed by atoms with Crippen molar-refractivity contribution in [3.8, 4) is 5.75 Å². The number of ether oxygens (including phenoxy) is 2. The van der Waals surface area contributed by atoms with E-state index in [1.54, 1.807) is 14.2 Å². The normalized spacial score (nSPS) is 12.6. The van der Waals surface area contributed by atoms with Gasteiger partial charge in [0.15, 0.2) is 6.61 Å². The first-order valence-electron chi connectivity index (χ1n) is 8.23. The van der Waals surface area contributed by atoms with Crippen LogP contribution in [0.3, 0.4) is 0 Å². The van der Waals surface area contributed by atoms with Crippen LogP contribution in [0.2, 0.25) is 0 Å². The summed E-state index contributed by atoms with van der Waals surface area (Å²) in [5, 5.41) is 0. The van der Waals surface area contributed by atoms with Gasteiger partial charge in [-0.25, -0.2) is 4.79 Å². The third-order valence-electron chi connectivity index (χ3n) is 4.30. The van der Waals surface area contributed by atoms with Crippen LogP contribution < -0.4 is 4.74 Å². The lowest BCUT2D eigenvalue weighted by atomic mass is 10.2. The Morgan fingerprint density at radius 2 is 2.04 bits per heavy atom. The number of benzene rings is 1. The van der Waals surface area contributed by atoms with E-state index in [-0.39, 0.29) is 12.5 Å². The fourth-order valence-electron chi connectivity index (χ4n) is 2.92. The highest BCUT2D eigenvalue weighted by Gasteiger charge is 2.20. The van der Waals surface area contributed by atoms with Crippen LogP contribution in [0.4, 0.5) is 0 Å². The molecule has 0 saturated carbocycles. The Balaban J connectivity index is 1.53. The van der Waals surface area contributed by atoms with Gasteiger partial charge in [-0.15, -0.1) is 11.3 Å². The van der Waals surface area contributed by atoms with Crippen molar-refractivity contribution in [1.29, 1.82) is 0 Å². The molecular formula is C19H21NO4S. The highest BCUT2D eigenvalue weighted by atomic mass is 32.1. The maximum Gasteiger partial charge on any atom is 0.348 e. The van der Waals surface area contributed by atoms with Gasteiger partial charge in [0.25, 0.3) is 5.91 Å². The first kappa shape index (κ1) is 17.5. The molecule has 2 aromatic rings. The Hall–Kier alpha value is -2.34. The fourth-order valence-corrected chi connectivity index (χ4v) is 4.06. The largest absolute Gasteiger partial charge is 0.496 e. The minimum absolute atomic E-state index is 0.247. The van der Waals surface area contributed by atoms with Gasteiger partial charge in [-0.2, -0.15) is 0 Å². The van der Waals surface area contributed by atoms with E-state index in [1.165, 1.54) is 26.7 Å². The molecule has 1 amide bonds. The fraction of sp³-hybridized carbons (Fsp3) is 0.368. The number of para-hydroxylation sites is 1. The first-order chi connectivity index (χ1) is 12.1. The number of likely N-dealkylation sites (N-methyl/N-ethyl adjacent to an activating group) is 1. The predicted octanol–water partition coefficient (Wildman–Crippen LogP) is 3.06. The molecule has 0 N–H and O–H groups in total.